The first-order valence-corrected chi connectivity index (χ1v) is 11.2. The highest BCUT2D eigenvalue weighted by molar-refractivity contribution is 7.43. The zero-order valence-corrected chi connectivity index (χ0v) is 17.2. The van der Waals surface area contributed by atoms with Crippen LogP contribution in [0.15, 0.2) is 60.0 Å². The highest BCUT2D eigenvalue weighted by atomic mass is 32.2. The number of hydrogen-bond donors (Lipinski definition) is 0. The predicted octanol–water partition coefficient (Wildman–Crippen LogP) is 6.71. The molecule has 1 unspecified atom stereocenters. The van der Waals surface area contributed by atoms with Crippen molar-refractivity contribution in [2.24, 2.45) is 5.92 Å². The van der Waals surface area contributed by atoms with Crippen LogP contribution in [0.2, 0.25) is 0 Å². The Balaban J connectivity index is 1.54. The van der Waals surface area contributed by atoms with Crippen LogP contribution in [0, 0.1) is 17.8 Å². The second-order valence-corrected chi connectivity index (χ2v) is 9.72. The zero-order valence-electron chi connectivity index (χ0n) is 16.4. The normalized spacial score (nSPS) is 15.3. The lowest BCUT2D eigenvalue weighted by Crippen LogP contribution is -2.26. The van der Waals surface area contributed by atoms with Crippen LogP contribution in [0.5, 0.6) is 0 Å². The first-order valence-electron chi connectivity index (χ1n) is 9.88. The molecule has 0 N–H and O–H groups in total. The minimum atomic E-state index is -0.780. The van der Waals surface area contributed by atoms with E-state index in [1.165, 1.54) is 22.9 Å². The Hall–Kier alpha value is -2.57. The molecule has 142 valence electrons. The van der Waals surface area contributed by atoms with Gasteiger partial charge in [0.15, 0.2) is 15.2 Å². The molecular formula is C25H25O2S+. The third-order valence-corrected chi connectivity index (χ3v) is 7.16. The Kier molecular flexibility index (Phi) is 5.24. The molecule has 1 saturated carbocycles. The fraction of sp³-hybridized carbons (Fsp3) is 0.320. The Morgan fingerprint density at radius 2 is 1.86 bits per heavy atom. The van der Waals surface area contributed by atoms with E-state index in [-0.39, 0.29) is 16.4 Å². The van der Waals surface area contributed by atoms with Crippen molar-refractivity contribution in [1.29, 1.82) is 0 Å². The lowest BCUT2D eigenvalue weighted by molar-refractivity contribution is 0.0204. The predicted molar refractivity (Wildman–Crippen MR) is 117 cm³/mol. The Labute approximate surface area is 169 Å². The lowest BCUT2D eigenvalue weighted by Gasteiger charge is -2.19. The summed E-state index contributed by atoms with van der Waals surface area (Å²) in [7, 11) is -0.137. The molecule has 2 aromatic carbocycles. The van der Waals surface area contributed by atoms with E-state index in [0.29, 0.717) is 11.5 Å². The van der Waals surface area contributed by atoms with Gasteiger partial charge in [-0.2, -0.15) is 0 Å². The fourth-order valence-corrected chi connectivity index (χ4v) is 5.60. The topological polar surface area (TPSA) is 26.3 Å². The number of carbonyl (C=O) groups is 1. The minimum absolute atomic E-state index is 0.137. The van der Waals surface area contributed by atoms with Crippen LogP contribution in [0.25, 0.3) is 15.0 Å². The molecule has 0 bridgehead atoms. The van der Waals surface area contributed by atoms with Crippen molar-refractivity contribution in [3.63, 3.8) is 0 Å². The number of ether oxygens (including phenoxy) is 1. The van der Waals surface area contributed by atoms with Crippen molar-refractivity contribution in [3.05, 3.63) is 65.5 Å². The number of fused-ring (bicyclic) bond motifs is 1. The summed E-state index contributed by atoms with van der Waals surface area (Å²) in [5.41, 5.74) is -0.198. The van der Waals surface area contributed by atoms with Crippen LogP contribution in [-0.4, -0.2) is 11.6 Å². The minimum Gasteiger partial charge on any atom is -0.443 e. The monoisotopic (exact) mass is 389 g/mol. The maximum absolute atomic E-state index is 12.8. The molecule has 0 radical (unpaired) electrons. The smallest absolute Gasteiger partial charge is 0.339 e. The summed E-state index contributed by atoms with van der Waals surface area (Å²) in [5.74, 6) is 6.64. The van der Waals surface area contributed by atoms with E-state index in [1.807, 2.05) is 32.0 Å². The molecule has 3 heteroatoms. The van der Waals surface area contributed by atoms with Crippen molar-refractivity contribution in [2.75, 3.05) is 0 Å². The van der Waals surface area contributed by atoms with Crippen LogP contribution < -0.4 is 0 Å². The summed E-state index contributed by atoms with van der Waals surface area (Å²) in [6, 6.07) is 18.4. The molecule has 1 fully saturated rings. The third-order valence-electron chi connectivity index (χ3n) is 5.14. The van der Waals surface area contributed by atoms with Crippen LogP contribution in [0.4, 0.5) is 0 Å². The van der Waals surface area contributed by atoms with Gasteiger partial charge in [-0.25, -0.2) is 4.79 Å². The zero-order chi connectivity index (χ0) is 19.6. The molecule has 1 atom stereocenters. The highest BCUT2D eigenvalue weighted by Crippen LogP contribution is 2.39. The van der Waals surface area contributed by atoms with Gasteiger partial charge in [0.2, 0.25) is 0 Å². The molecule has 0 amide bonds. The van der Waals surface area contributed by atoms with Gasteiger partial charge in [-0.3, -0.25) is 0 Å². The maximum Gasteiger partial charge on any atom is 0.339 e. The van der Waals surface area contributed by atoms with Gasteiger partial charge in [0.1, 0.15) is 5.38 Å². The molecule has 0 aliphatic heterocycles. The van der Waals surface area contributed by atoms with Crippen molar-refractivity contribution in [2.45, 2.75) is 45.1 Å². The van der Waals surface area contributed by atoms with Gasteiger partial charge < -0.3 is 4.74 Å². The third kappa shape index (κ3) is 4.13. The number of hydrogen-bond acceptors (Lipinski definition) is 2. The molecule has 0 saturated heterocycles. The van der Waals surface area contributed by atoms with Crippen LogP contribution in [0.1, 0.15) is 49.9 Å². The first-order chi connectivity index (χ1) is 13.5. The van der Waals surface area contributed by atoms with Gasteiger partial charge in [-0.05, 0) is 51.0 Å². The van der Waals surface area contributed by atoms with Gasteiger partial charge in [-0.15, -0.1) is 0 Å². The van der Waals surface area contributed by atoms with Crippen molar-refractivity contribution in [3.8, 4) is 16.7 Å². The van der Waals surface area contributed by atoms with E-state index in [0.717, 1.165) is 17.7 Å². The van der Waals surface area contributed by atoms with Gasteiger partial charge in [0.05, 0.1) is 5.56 Å². The number of carbonyl (C=O) groups excluding carboxylic acids is 1. The molecule has 2 nitrogen and oxygen atoms in total. The molecule has 1 aromatic heterocycles. The van der Waals surface area contributed by atoms with Crippen molar-refractivity contribution >= 4 is 26.5 Å². The Morgan fingerprint density at radius 3 is 2.68 bits per heavy atom. The van der Waals surface area contributed by atoms with Gasteiger partial charge in [0, 0.05) is 33.9 Å². The average Bonchev–Trinajstić information content (AvgIpc) is 3.36. The first kappa shape index (κ1) is 18.8. The number of benzene rings is 2. The number of thiophene rings is 1. The number of esters is 1. The molecule has 3 aromatic rings. The van der Waals surface area contributed by atoms with Gasteiger partial charge in [-0.1, -0.05) is 42.9 Å². The van der Waals surface area contributed by atoms with E-state index in [1.54, 1.807) is 0 Å². The average molecular weight is 390 g/mol. The van der Waals surface area contributed by atoms with Gasteiger partial charge in [0.25, 0.3) is 0 Å². The van der Waals surface area contributed by atoms with E-state index in [2.05, 4.69) is 53.6 Å². The Morgan fingerprint density at radius 1 is 1.07 bits per heavy atom. The lowest BCUT2D eigenvalue weighted by atomic mass is 10.1. The van der Waals surface area contributed by atoms with Crippen molar-refractivity contribution < 1.29 is 9.53 Å². The quantitative estimate of drug-likeness (QED) is 0.283. The summed E-state index contributed by atoms with van der Waals surface area (Å²) in [5, 5.41) is 3.47. The van der Waals surface area contributed by atoms with Crippen LogP contribution >= 0.6 is 10.5 Å². The standard InChI is InChI=1S/C25H25O2S/c1-25(2,16-14-19-8-3-4-9-19)27-24(26)21-11-7-12-22(18-21)28-17-15-20-10-5-6-13-23(20)28/h5-7,10-13,15,17-19H,3-4,8-9H2,1-2H3/q+1. The number of rotatable bonds is 3. The molecule has 28 heavy (non-hydrogen) atoms. The summed E-state index contributed by atoms with van der Waals surface area (Å²) >= 11 is 0. The fourth-order valence-electron chi connectivity index (χ4n) is 3.66. The molecule has 1 aliphatic rings. The highest BCUT2D eigenvalue weighted by Gasteiger charge is 2.24. The Bertz CT molecular complexity index is 1060. The second-order valence-electron chi connectivity index (χ2n) is 7.86. The van der Waals surface area contributed by atoms with Crippen LogP contribution in [-0.2, 0) is 4.74 Å². The molecule has 1 aliphatic carbocycles. The molecular weight excluding hydrogens is 364 g/mol. The molecule has 0 spiro atoms. The maximum atomic E-state index is 12.8. The molecule has 1 heterocycles. The van der Waals surface area contributed by atoms with E-state index in [4.69, 9.17) is 4.74 Å². The largest absolute Gasteiger partial charge is 0.443 e. The van der Waals surface area contributed by atoms with Gasteiger partial charge >= 0.3 is 5.97 Å². The van der Waals surface area contributed by atoms with E-state index >= 15 is 0 Å². The molecule has 4 rings (SSSR count). The summed E-state index contributed by atoms with van der Waals surface area (Å²) < 4.78 is 7.05. The summed E-state index contributed by atoms with van der Waals surface area (Å²) in [4.78, 5) is 13.9. The summed E-state index contributed by atoms with van der Waals surface area (Å²) in [6.45, 7) is 3.74. The second kappa shape index (κ2) is 7.81. The van der Waals surface area contributed by atoms with E-state index < -0.39 is 5.60 Å². The SMILES string of the molecule is CC(C)(C#CC1CCCC1)OC(=O)c1cccc(-[s+]2ccc3ccccc32)c1. The summed E-state index contributed by atoms with van der Waals surface area (Å²) in [6.07, 6.45) is 4.84. The van der Waals surface area contributed by atoms with E-state index in [9.17, 15) is 4.79 Å². The van der Waals surface area contributed by atoms with Crippen molar-refractivity contribution in [1.82, 2.24) is 0 Å². The van der Waals surface area contributed by atoms with Crippen LogP contribution in [0.3, 0.4) is 0 Å².